The highest BCUT2D eigenvalue weighted by Gasteiger charge is 2.27. The van der Waals surface area contributed by atoms with Crippen LogP contribution in [0.3, 0.4) is 0 Å². The normalized spacial score (nSPS) is 19.8. The second-order valence-corrected chi connectivity index (χ2v) is 8.44. The van der Waals surface area contributed by atoms with Gasteiger partial charge in [0.05, 0.1) is 6.61 Å². The topological polar surface area (TPSA) is 32.8 Å². The molecule has 0 N–H and O–H groups in total. The van der Waals surface area contributed by atoms with Crippen LogP contribution in [-0.4, -0.2) is 56.1 Å². The van der Waals surface area contributed by atoms with E-state index in [0.29, 0.717) is 24.3 Å². The van der Waals surface area contributed by atoms with E-state index in [9.17, 15) is 4.79 Å². The van der Waals surface area contributed by atoms with E-state index in [2.05, 4.69) is 43.1 Å². The van der Waals surface area contributed by atoms with Crippen molar-refractivity contribution < 1.29 is 9.53 Å². The largest absolute Gasteiger partial charge is 0.383 e. The lowest BCUT2D eigenvalue weighted by molar-refractivity contribution is -0.132. The Bertz CT molecular complexity index is 564. The van der Waals surface area contributed by atoms with Gasteiger partial charge in [0.1, 0.15) is 0 Å². The number of carbonyl (C=O) groups excluding carboxylic acids is 1. The molecular formula is C24H40N2O2. The summed E-state index contributed by atoms with van der Waals surface area (Å²) in [6, 6.07) is 9.59. The molecule has 0 aromatic heterocycles. The fourth-order valence-electron chi connectivity index (χ4n) is 4.24. The minimum atomic E-state index is 0.332. The maximum absolute atomic E-state index is 12.4. The van der Waals surface area contributed by atoms with Crippen LogP contribution < -0.4 is 0 Å². The smallest absolute Gasteiger partial charge is 0.222 e. The number of likely N-dealkylation sites (N-methyl/N-ethyl adjacent to an activating group) is 1. The Morgan fingerprint density at radius 1 is 1.07 bits per heavy atom. The lowest BCUT2D eigenvalue weighted by Gasteiger charge is -2.35. The van der Waals surface area contributed by atoms with Gasteiger partial charge in [0.15, 0.2) is 0 Å². The molecule has 0 spiro atoms. The van der Waals surface area contributed by atoms with Crippen molar-refractivity contribution >= 4 is 5.91 Å². The second-order valence-electron chi connectivity index (χ2n) is 8.44. The minimum absolute atomic E-state index is 0.332. The predicted octanol–water partition coefficient (Wildman–Crippen LogP) is 4.83. The fourth-order valence-corrected chi connectivity index (χ4v) is 4.24. The van der Waals surface area contributed by atoms with Crippen molar-refractivity contribution in [2.45, 2.75) is 76.8 Å². The summed E-state index contributed by atoms with van der Waals surface area (Å²) in [5.74, 6) is 0.971. The van der Waals surface area contributed by atoms with Crippen molar-refractivity contribution in [3.63, 3.8) is 0 Å². The standard InChI is InChI=1S/C24H40N2O2/c1-5-6-7-8-24(27)26(3)23-15-13-22(14-16-23)21-11-9-20(10-12-21)19-25(2)17-18-28-4/h9-12,22-23H,5-8,13-19H2,1-4H3. The number of ether oxygens (including phenoxy) is 1. The lowest BCUT2D eigenvalue weighted by atomic mass is 9.81. The molecule has 4 heteroatoms. The number of hydrogen-bond acceptors (Lipinski definition) is 3. The molecule has 1 aromatic rings. The second kappa shape index (κ2) is 12.2. The van der Waals surface area contributed by atoms with E-state index in [1.807, 2.05) is 11.9 Å². The van der Waals surface area contributed by atoms with Gasteiger partial charge in [-0.15, -0.1) is 0 Å². The van der Waals surface area contributed by atoms with Crippen LogP contribution in [0.2, 0.25) is 0 Å². The van der Waals surface area contributed by atoms with Crippen LogP contribution in [0.5, 0.6) is 0 Å². The summed E-state index contributed by atoms with van der Waals surface area (Å²) in [5, 5.41) is 0. The first-order valence-corrected chi connectivity index (χ1v) is 11.1. The molecule has 1 fully saturated rings. The molecule has 1 saturated carbocycles. The Labute approximate surface area is 172 Å². The van der Waals surface area contributed by atoms with Gasteiger partial charge >= 0.3 is 0 Å². The predicted molar refractivity (Wildman–Crippen MR) is 117 cm³/mol. The molecule has 0 heterocycles. The zero-order valence-corrected chi connectivity index (χ0v) is 18.5. The molecule has 158 valence electrons. The van der Waals surface area contributed by atoms with E-state index < -0.39 is 0 Å². The first kappa shape index (κ1) is 22.9. The molecule has 2 rings (SSSR count). The number of rotatable bonds is 11. The van der Waals surface area contributed by atoms with Gasteiger partial charge < -0.3 is 9.64 Å². The number of methoxy groups -OCH3 is 1. The summed E-state index contributed by atoms with van der Waals surface area (Å²) in [6.07, 6.45) is 8.69. The van der Waals surface area contributed by atoms with Crippen molar-refractivity contribution in [1.29, 1.82) is 0 Å². The van der Waals surface area contributed by atoms with Crippen LogP contribution in [0.15, 0.2) is 24.3 Å². The molecular weight excluding hydrogens is 348 g/mol. The molecule has 28 heavy (non-hydrogen) atoms. The number of nitrogens with zero attached hydrogens (tertiary/aromatic N) is 2. The van der Waals surface area contributed by atoms with Crippen LogP contribution in [-0.2, 0) is 16.1 Å². The molecule has 0 bridgehead atoms. The molecule has 1 aliphatic rings. The van der Waals surface area contributed by atoms with Gasteiger partial charge in [-0.1, -0.05) is 44.0 Å². The summed E-state index contributed by atoms with van der Waals surface area (Å²) in [7, 11) is 5.89. The van der Waals surface area contributed by atoms with E-state index in [0.717, 1.165) is 45.4 Å². The molecule has 0 aliphatic heterocycles. The number of amides is 1. The SMILES string of the molecule is CCCCCC(=O)N(C)C1CCC(c2ccc(CN(C)CCOC)cc2)CC1. The molecule has 0 saturated heterocycles. The zero-order valence-electron chi connectivity index (χ0n) is 18.5. The van der Waals surface area contributed by atoms with Gasteiger partial charge in [0.25, 0.3) is 0 Å². The first-order chi connectivity index (χ1) is 13.5. The maximum atomic E-state index is 12.4. The Kier molecular flexibility index (Phi) is 10.0. The highest BCUT2D eigenvalue weighted by Crippen LogP contribution is 2.34. The summed E-state index contributed by atoms with van der Waals surface area (Å²) in [4.78, 5) is 16.7. The highest BCUT2D eigenvalue weighted by molar-refractivity contribution is 5.76. The molecule has 0 atom stereocenters. The van der Waals surface area contributed by atoms with E-state index in [1.54, 1.807) is 7.11 Å². The van der Waals surface area contributed by atoms with E-state index in [-0.39, 0.29) is 0 Å². The van der Waals surface area contributed by atoms with Gasteiger partial charge in [-0.3, -0.25) is 9.69 Å². The Morgan fingerprint density at radius 3 is 2.36 bits per heavy atom. The average molecular weight is 389 g/mol. The quantitative estimate of drug-likeness (QED) is 0.509. The van der Waals surface area contributed by atoms with Crippen LogP contribution in [0, 0.1) is 0 Å². The third kappa shape index (κ3) is 7.21. The van der Waals surface area contributed by atoms with Crippen molar-refractivity contribution in [3.05, 3.63) is 35.4 Å². The molecule has 0 unspecified atom stereocenters. The Morgan fingerprint density at radius 2 is 1.75 bits per heavy atom. The van der Waals surface area contributed by atoms with Crippen LogP contribution in [0.1, 0.15) is 75.3 Å². The van der Waals surface area contributed by atoms with Gasteiger partial charge in [-0.05, 0) is 56.2 Å². The van der Waals surface area contributed by atoms with Crippen LogP contribution in [0.25, 0.3) is 0 Å². The van der Waals surface area contributed by atoms with Crippen molar-refractivity contribution in [3.8, 4) is 0 Å². The van der Waals surface area contributed by atoms with E-state index in [1.165, 1.54) is 30.4 Å². The molecule has 0 radical (unpaired) electrons. The van der Waals surface area contributed by atoms with Gasteiger partial charge in [-0.2, -0.15) is 0 Å². The summed E-state index contributed by atoms with van der Waals surface area (Å²) in [6.45, 7) is 4.86. The molecule has 1 aromatic carbocycles. The monoisotopic (exact) mass is 388 g/mol. The number of benzene rings is 1. The molecule has 1 aliphatic carbocycles. The van der Waals surface area contributed by atoms with Crippen molar-refractivity contribution in [2.75, 3.05) is 34.4 Å². The Balaban J connectivity index is 1.78. The van der Waals surface area contributed by atoms with Gasteiger partial charge in [0, 0.05) is 39.7 Å². The van der Waals surface area contributed by atoms with Crippen LogP contribution in [0.4, 0.5) is 0 Å². The third-order valence-corrected chi connectivity index (χ3v) is 6.21. The van der Waals surface area contributed by atoms with Gasteiger partial charge in [0.2, 0.25) is 5.91 Å². The van der Waals surface area contributed by atoms with Gasteiger partial charge in [-0.25, -0.2) is 0 Å². The third-order valence-electron chi connectivity index (χ3n) is 6.21. The van der Waals surface area contributed by atoms with Crippen molar-refractivity contribution in [1.82, 2.24) is 9.80 Å². The number of unbranched alkanes of at least 4 members (excludes halogenated alkanes) is 2. The number of hydrogen-bond donors (Lipinski definition) is 0. The van der Waals surface area contributed by atoms with Crippen LogP contribution >= 0.6 is 0 Å². The molecule has 4 nitrogen and oxygen atoms in total. The van der Waals surface area contributed by atoms with E-state index in [4.69, 9.17) is 4.74 Å². The average Bonchev–Trinajstić information content (AvgIpc) is 2.72. The summed E-state index contributed by atoms with van der Waals surface area (Å²) < 4.78 is 5.15. The highest BCUT2D eigenvalue weighted by atomic mass is 16.5. The Hall–Kier alpha value is -1.39. The van der Waals surface area contributed by atoms with E-state index >= 15 is 0 Å². The maximum Gasteiger partial charge on any atom is 0.222 e. The number of carbonyl (C=O) groups is 1. The van der Waals surface area contributed by atoms with Crippen molar-refractivity contribution in [2.24, 2.45) is 0 Å². The summed E-state index contributed by atoms with van der Waals surface area (Å²) in [5.41, 5.74) is 2.81. The first-order valence-electron chi connectivity index (χ1n) is 11.1. The summed E-state index contributed by atoms with van der Waals surface area (Å²) >= 11 is 0. The lowest BCUT2D eigenvalue weighted by Crippen LogP contribution is -2.39. The minimum Gasteiger partial charge on any atom is -0.383 e. The molecule has 1 amide bonds. The fraction of sp³-hybridized carbons (Fsp3) is 0.708. The zero-order chi connectivity index (χ0) is 20.4.